The average molecular weight is 398 g/mol. The number of hydrogen-bond donors (Lipinski definition) is 1. The summed E-state index contributed by atoms with van der Waals surface area (Å²) >= 11 is 0. The van der Waals surface area contributed by atoms with Gasteiger partial charge in [0.15, 0.2) is 0 Å². The number of nitrogens with zero attached hydrogens (tertiary/aromatic N) is 1. The molecule has 0 saturated carbocycles. The zero-order valence-electron chi connectivity index (χ0n) is 14.4. The van der Waals surface area contributed by atoms with Crippen molar-refractivity contribution in [3.63, 3.8) is 0 Å². The molecule has 8 heteroatoms. The lowest BCUT2D eigenvalue weighted by Crippen LogP contribution is -2.18. The summed E-state index contributed by atoms with van der Waals surface area (Å²) in [5.41, 5.74) is 1.02. The van der Waals surface area contributed by atoms with Crippen LogP contribution < -0.4 is 9.57 Å². The molecule has 0 unspecified atom stereocenters. The summed E-state index contributed by atoms with van der Waals surface area (Å²) in [7, 11) is -3.89. The van der Waals surface area contributed by atoms with Crippen LogP contribution in [0.3, 0.4) is 0 Å². The Morgan fingerprint density at radius 3 is 2.21 bits per heavy atom. The molecule has 0 amide bonds. The second kappa shape index (κ2) is 8.45. The van der Waals surface area contributed by atoms with Crippen LogP contribution in [-0.4, -0.2) is 20.6 Å². The number of halogens is 1. The Hall–Kier alpha value is -3.52. The van der Waals surface area contributed by atoms with Crippen molar-refractivity contribution in [2.45, 2.75) is 4.90 Å². The van der Waals surface area contributed by atoms with Crippen LogP contribution in [0.5, 0.6) is 5.75 Å². The SMILES string of the molecule is O=C(Oc1ccc(/C=N/NS(=O)(=O)c2ccc(F)cc2)cc1)c1ccccc1. The van der Waals surface area contributed by atoms with Crippen molar-refractivity contribution in [2.24, 2.45) is 5.10 Å². The molecule has 6 nitrogen and oxygen atoms in total. The zero-order chi connectivity index (χ0) is 20.0. The van der Waals surface area contributed by atoms with Crippen molar-refractivity contribution in [3.05, 3.63) is 95.8 Å². The van der Waals surface area contributed by atoms with Gasteiger partial charge in [0.25, 0.3) is 10.0 Å². The first-order valence-corrected chi connectivity index (χ1v) is 9.60. The minimum absolute atomic E-state index is 0.103. The number of carbonyl (C=O) groups is 1. The maximum absolute atomic E-state index is 12.9. The minimum Gasteiger partial charge on any atom is -0.423 e. The highest BCUT2D eigenvalue weighted by Crippen LogP contribution is 2.14. The van der Waals surface area contributed by atoms with E-state index in [1.54, 1.807) is 54.6 Å². The fraction of sp³-hybridized carbons (Fsp3) is 0. The smallest absolute Gasteiger partial charge is 0.343 e. The van der Waals surface area contributed by atoms with Gasteiger partial charge in [-0.3, -0.25) is 0 Å². The van der Waals surface area contributed by atoms with Gasteiger partial charge in [0.05, 0.1) is 16.7 Å². The lowest BCUT2D eigenvalue weighted by Gasteiger charge is -2.05. The van der Waals surface area contributed by atoms with Crippen LogP contribution in [0, 0.1) is 5.82 Å². The van der Waals surface area contributed by atoms with Gasteiger partial charge in [0.2, 0.25) is 0 Å². The molecule has 0 aliphatic carbocycles. The van der Waals surface area contributed by atoms with E-state index in [0.29, 0.717) is 16.9 Å². The number of rotatable bonds is 6. The van der Waals surface area contributed by atoms with E-state index >= 15 is 0 Å². The molecule has 3 rings (SSSR count). The third-order valence-corrected chi connectivity index (χ3v) is 4.85. The normalized spacial score (nSPS) is 11.3. The number of hydrazone groups is 1. The number of nitrogens with one attached hydrogen (secondary N) is 1. The Morgan fingerprint density at radius 1 is 0.929 bits per heavy atom. The van der Waals surface area contributed by atoms with Gasteiger partial charge < -0.3 is 4.74 Å². The molecule has 0 atom stereocenters. The summed E-state index contributed by atoms with van der Waals surface area (Å²) in [6.07, 6.45) is 1.30. The lowest BCUT2D eigenvalue weighted by atomic mass is 10.2. The molecule has 0 radical (unpaired) electrons. The molecule has 142 valence electrons. The first-order chi connectivity index (χ1) is 13.4. The standard InChI is InChI=1S/C20H15FN2O4S/c21-17-8-12-19(13-9-17)28(25,26)23-22-14-15-6-10-18(11-7-15)27-20(24)16-4-2-1-3-5-16/h1-14,23H/b22-14+. The number of carbonyl (C=O) groups excluding carboxylic acids is 1. The van der Waals surface area contributed by atoms with Crippen molar-refractivity contribution in [3.8, 4) is 5.75 Å². The molecule has 28 heavy (non-hydrogen) atoms. The Kier molecular flexibility index (Phi) is 5.81. The molecule has 0 aliphatic rings. The maximum Gasteiger partial charge on any atom is 0.343 e. The van der Waals surface area contributed by atoms with E-state index in [1.165, 1.54) is 6.21 Å². The van der Waals surface area contributed by atoms with E-state index < -0.39 is 21.8 Å². The lowest BCUT2D eigenvalue weighted by molar-refractivity contribution is 0.0734. The van der Waals surface area contributed by atoms with Crippen molar-refractivity contribution in [2.75, 3.05) is 0 Å². The Bertz CT molecular complexity index is 1080. The number of benzene rings is 3. The first kappa shape index (κ1) is 19.2. The topological polar surface area (TPSA) is 84.8 Å². The summed E-state index contributed by atoms with van der Waals surface area (Å²) in [6, 6.07) is 19.3. The van der Waals surface area contributed by atoms with E-state index in [4.69, 9.17) is 4.74 Å². The second-order valence-corrected chi connectivity index (χ2v) is 7.29. The Labute approximate surface area is 161 Å². The first-order valence-electron chi connectivity index (χ1n) is 8.12. The molecule has 3 aromatic rings. The molecular formula is C20H15FN2O4S. The average Bonchev–Trinajstić information content (AvgIpc) is 2.70. The molecule has 0 bridgehead atoms. The highest BCUT2D eigenvalue weighted by atomic mass is 32.2. The van der Waals surface area contributed by atoms with Crippen LogP contribution in [0.25, 0.3) is 0 Å². The molecular weight excluding hydrogens is 383 g/mol. The fourth-order valence-electron chi connectivity index (χ4n) is 2.20. The number of sulfonamides is 1. The third-order valence-electron chi connectivity index (χ3n) is 3.61. The van der Waals surface area contributed by atoms with Crippen LogP contribution in [0.2, 0.25) is 0 Å². The van der Waals surface area contributed by atoms with Gasteiger partial charge in [-0.05, 0) is 66.2 Å². The molecule has 0 heterocycles. The number of ether oxygens (including phenoxy) is 1. The largest absolute Gasteiger partial charge is 0.423 e. The van der Waals surface area contributed by atoms with Crippen LogP contribution in [0.1, 0.15) is 15.9 Å². The predicted octanol–water partition coefficient (Wildman–Crippen LogP) is 3.36. The summed E-state index contributed by atoms with van der Waals surface area (Å²) in [5, 5.41) is 3.69. The van der Waals surface area contributed by atoms with Crippen molar-refractivity contribution >= 4 is 22.2 Å². The van der Waals surface area contributed by atoms with E-state index in [0.717, 1.165) is 24.3 Å². The highest BCUT2D eigenvalue weighted by Gasteiger charge is 2.12. The summed E-state index contributed by atoms with van der Waals surface area (Å²) in [6.45, 7) is 0. The molecule has 0 fully saturated rings. The zero-order valence-corrected chi connectivity index (χ0v) is 15.3. The Morgan fingerprint density at radius 2 is 1.57 bits per heavy atom. The van der Waals surface area contributed by atoms with E-state index in [9.17, 15) is 17.6 Å². The van der Waals surface area contributed by atoms with Gasteiger partial charge in [-0.1, -0.05) is 18.2 Å². The predicted molar refractivity (Wildman–Crippen MR) is 102 cm³/mol. The van der Waals surface area contributed by atoms with Crippen LogP contribution in [0.15, 0.2) is 88.9 Å². The molecule has 0 spiro atoms. The van der Waals surface area contributed by atoms with Crippen LogP contribution in [0.4, 0.5) is 4.39 Å². The van der Waals surface area contributed by atoms with Crippen molar-refractivity contribution < 1.29 is 22.3 Å². The van der Waals surface area contributed by atoms with Gasteiger partial charge in [-0.2, -0.15) is 13.5 Å². The summed E-state index contributed by atoms with van der Waals surface area (Å²) in [4.78, 5) is 13.9. The molecule has 0 saturated heterocycles. The number of hydrogen-bond acceptors (Lipinski definition) is 5. The number of esters is 1. The van der Waals surface area contributed by atoms with Gasteiger partial charge in [-0.25, -0.2) is 14.0 Å². The van der Waals surface area contributed by atoms with E-state index in [2.05, 4.69) is 5.10 Å². The third kappa shape index (κ3) is 5.01. The quantitative estimate of drug-likeness (QED) is 0.299. The second-order valence-electron chi connectivity index (χ2n) is 5.63. The summed E-state index contributed by atoms with van der Waals surface area (Å²) in [5.74, 6) is -0.664. The molecule has 0 aliphatic heterocycles. The van der Waals surface area contributed by atoms with E-state index in [1.807, 2.05) is 4.83 Å². The van der Waals surface area contributed by atoms with E-state index in [-0.39, 0.29) is 4.90 Å². The van der Waals surface area contributed by atoms with Gasteiger partial charge >= 0.3 is 5.97 Å². The monoisotopic (exact) mass is 398 g/mol. The van der Waals surface area contributed by atoms with Crippen molar-refractivity contribution in [1.29, 1.82) is 0 Å². The molecule has 0 aromatic heterocycles. The fourth-order valence-corrected chi connectivity index (χ4v) is 2.99. The molecule has 3 aromatic carbocycles. The van der Waals surface area contributed by atoms with Gasteiger partial charge in [0.1, 0.15) is 11.6 Å². The summed E-state index contributed by atoms with van der Waals surface area (Å²) < 4.78 is 42.2. The van der Waals surface area contributed by atoms with Gasteiger partial charge in [0, 0.05) is 0 Å². The van der Waals surface area contributed by atoms with Gasteiger partial charge in [-0.15, -0.1) is 0 Å². The molecule has 1 N–H and O–H groups in total. The van der Waals surface area contributed by atoms with Crippen molar-refractivity contribution in [1.82, 2.24) is 4.83 Å². The Balaban J connectivity index is 1.61. The van der Waals surface area contributed by atoms with Crippen LogP contribution >= 0.6 is 0 Å². The maximum atomic E-state index is 12.9. The minimum atomic E-state index is -3.89. The highest BCUT2D eigenvalue weighted by molar-refractivity contribution is 7.89. The van der Waals surface area contributed by atoms with Crippen LogP contribution in [-0.2, 0) is 10.0 Å².